The molecule has 1 atom stereocenters. The van der Waals surface area contributed by atoms with Gasteiger partial charge in [0.25, 0.3) is 11.8 Å². The van der Waals surface area contributed by atoms with Gasteiger partial charge in [0.1, 0.15) is 5.76 Å². The number of unbranched alkanes of at least 4 members (excludes halogenated alkanes) is 1. The lowest BCUT2D eigenvalue weighted by Crippen LogP contribution is -2.39. The van der Waals surface area contributed by atoms with Crippen molar-refractivity contribution in [2.75, 3.05) is 13.7 Å². The quantitative estimate of drug-likeness (QED) is 0.320. The van der Waals surface area contributed by atoms with Crippen molar-refractivity contribution in [3.05, 3.63) is 24.0 Å². The number of ether oxygens (including phenoxy) is 1. The Morgan fingerprint density at radius 2 is 1.93 bits per heavy atom. The van der Waals surface area contributed by atoms with Crippen LogP contribution in [-0.4, -0.2) is 42.3 Å². The topological polar surface area (TPSA) is 75.7 Å². The first-order chi connectivity index (χ1) is 13.5. The van der Waals surface area contributed by atoms with Crippen LogP contribution in [0.3, 0.4) is 0 Å². The molecule has 0 fully saturated rings. The van der Waals surface area contributed by atoms with Gasteiger partial charge in [-0.05, 0) is 30.6 Å². The number of hydrogen-bond donors (Lipinski definition) is 1. The summed E-state index contributed by atoms with van der Waals surface area (Å²) < 4.78 is 5.28. The minimum atomic E-state index is -0.379. The minimum absolute atomic E-state index is 0.0107. The third kappa shape index (κ3) is 9.77. The van der Waals surface area contributed by atoms with Crippen LogP contribution in [-0.2, 0) is 19.1 Å². The fraction of sp³-hybridized carbons (Fsp3) is 0.696. The normalized spacial score (nSPS) is 17.2. The zero-order valence-electron chi connectivity index (χ0n) is 18.9. The minimum Gasteiger partial charge on any atom is -0.501 e. The van der Waals surface area contributed by atoms with Crippen molar-refractivity contribution < 1.29 is 19.1 Å². The van der Waals surface area contributed by atoms with Crippen LogP contribution in [0.2, 0.25) is 0 Å². The van der Waals surface area contributed by atoms with E-state index in [2.05, 4.69) is 39.9 Å². The number of methoxy groups -OCH3 is 1. The summed E-state index contributed by atoms with van der Waals surface area (Å²) in [4.78, 5) is 37.9. The number of rotatable bonds is 11. The summed E-state index contributed by atoms with van der Waals surface area (Å²) in [5, 5.41) is 2.87. The van der Waals surface area contributed by atoms with Crippen molar-refractivity contribution in [1.82, 2.24) is 10.2 Å². The molecule has 6 heteroatoms. The molecule has 6 nitrogen and oxygen atoms in total. The third-order valence-corrected chi connectivity index (χ3v) is 4.80. The molecule has 0 bridgehead atoms. The molecule has 0 aromatic heterocycles. The highest BCUT2D eigenvalue weighted by Crippen LogP contribution is 2.22. The monoisotopic (exact) mass is 406 g/mol. The summed E-state index contributed by atoms with van der Waals surface area (Å²) in [6.45, 7) is 11.1. The first-order valence-corrected chi connectivity index (χ1v) is 10.6. The van der Waals surface area contributed by atoms with Gasteiger partial charge in [-0.25, -0.2) is 0 Å². The van der Waals surface area contributed by atoms with Crippen molar-refractivity contribution in [3.8, 4) is 0 Å². The standard InChI is InChI=1S/C23H38N2O4/c1-17(2)15-18-10-11-21(27)25(18)22(28)16-19(29-6)12-14-24-20(26)9-7-8-13-23(3,4)5/h10-11,16-18H,7-9,12-15H2,1-6H3,(H,24,26). The number of amides is 3. The molecule has 1 rings (SSSR count). The highest BCUT2D eigenvalue weighted by atomic mass is 16.5. The van der Waals surface area contributed by atoms with Crippen molar-refractivity contribution >= 4 is 17.7 Å². The summed E-state index contributed by atoms with van der Waals surface area (Å²) in [6.07, 6.45) is 9.22. The van der Waals surface area contributed by atoms with Gasteiger partial charge in [0.2, 0.25) is 5.91 Å². The number of nitrogens with one attached hydrogen (secondary N) is 1. The Morgan fingerprint density at radius 3 is 2.52 bits per heavy atom. The van der Waals surface area contributed by atoms with Crippen LogP contribution in [0.1, 0.15) is 73.1 Å². The van der Waals surface area contributed by atoms with Crippen LogP contribution in [0.15, 0.2) is 24.0 Å². The van der Waals surface area contributed by atoms with E-state index in [0.29, 0.717) is 36.5 Å². The Labute approximate surface area is 175 Å². The molecular weight excluding hydrogens is 368 g/mol. The number of nitrogens with zero attached hydrogens (tertiary/aromatic N) is 1. The predicted octanol–water partition coefficient (Wildman–Crippen LogP) is 3.97. The Morgan fingerprint density at radius 1 is 1.24 bits per heavy atom. The van der Waals surface area contributed by atoms with Crippen molar-refractivity contribution in [2.45, 2.75) is 79.2 Å². The fourth-order valence-electron chi connectivity index (χ4n) is 3.26. The van der Waals surface area contributed by atoms with E-state index in [0.717, 1.165) is 25.7 Å². The molecule has 29 heavy (non-hydrogen) atoms. The highest BCUT2D eigenvalue weighted by Gasteiger charge is 2.31. The molecule has 0 aromatic rings. The summed E-state index contributed by atoms with van der Waals surface area (Å²) in [5.41, 5.74) is 0.293. The second kappa shape index (κ2) is 11.8. The molecule has 1 heterocycles. The average Bonchev–Trinajstić information content (AvgIpc) is 2.96. The average molecular weight is 407 g/mol. The van der Waals surface area contributed by atoms with Crippen LogP contribution in [0.5, 0.6) is 0 Å². The first kappa shape index (κ1) is 24.9. The number of carbonyl (C=O) groups is 3. The maximum Gasteiger partial charge on any atom is 0.257 e. The summed E-state index contributed by atoms with van der Waals surface area (Å²) >= 11 is 0. The highest BCUT2D eigenvalue weighted by molar-refractivity contribution is 6.07. The number of imide groups is 1. The Balaban J connectivity index is 2.45. The van der Waals surface area contributed by atoms with Crippen LogP contribution in [0.4, 0.5) is 0 Å². The SMILES string of the molecule is COC(=CC(=O)N1C(=O)C=CC1CC(C)C)CCNC(=O)CCCCC(C)(C)C. The molecule has 1 unspecified atom stereocenters. The van der Waals surface area contributed by atoms with Gasteiger partial charge in [0.15, 0.2) is 0 Å². The second-order valence-electron chi connectivity index (χ2n) is 9.28. The molecule has 0 saturated heterocycles. The maximum atomic E-state index is 12.6. The number of carbonyl (C=O) groups excluding carboxylic acids is 3. The van der Waals surface area contributed by atoms with Crippen LogP contribution in [0.25, 0.3) is 0 Å². The van der Waals surface area contributed by atoms with Gasteiger partial charge >= 0.3 is 0 Å². The number of hydrogen-bond acceptors (Lipinski definition) is 4. The molecule has 1 aliphatic rings. The van der Waals surface area contributed by atoms with Gasteiger partial charge in [0, 0.05) is 31.5 Å². The van der Waals surface area contributed by atoms with Gasteiger partial charge in [-0.2, -0.15) is 0 Å². The van der Waals surface area contributed by atoms with E-state index in [1.54, 1.807) is 6.08 Å². The molecule has 1 N–H and O–H groups in total. The van der Waals surface area contributed by atoms with E-state index in [1.165, 1.54) is 24.2 Å². The van der Waals surface area contributed by atoms with Gasteiger partial charge in [-0.15, -0.1) is 0 Å². The molecule has 0 spiro atoms. The molecule has 3 amide bonds. The lowest BCUT2D eigenvalue weighted by molar-refractivity contribution is -0.139. The van der Waals surface area contributed by atoms with Crippen LogP contribution >= 0.6 is 0 Å². The summed E-state index contributed by atoms with van der Waals surface area (Å²) in [7, 11) is 1.49. The summed E-state index contributed by atoms with van der Waals surface area (Å²) in [6, 6.07) is -0.211. The van der Waals surface area contributed by atoms with Crippen LogP contribution in [0, 0.1) is 11.3 Å². The largest absolute Gasteiger partial charge is 0.501 e. The third-order valence-electron chi connectivity index (χ3n) is 4.80. The van der Waals surface area contributed by atoms with Gasteiger partial charge < -0.3 is 10.1 Å². The predicted molar refractivity (Wildman–Crippen MR) is 115 cm³/mol. The van der Waals surface area contributed by atoms with E-state index in [1.807, 2.05) is 0 Å². The molecule has 0 radical (unpaired) electrons. The first-order valence-electron chi connectivity index (χ1n) is 10.6. The van der Waals surface area contributed by atoms with Crippen molar-refractivity contribution in [2.24, 2.45) is 11.3 Å². The smallest absolute Gasteiger partial charge is 0.257 e. The molecule has 164 valence electrons. The lowest BCUT2D eigenvalue weighted by Gasteiger charge is -2.23. The van der Waals surface area contributed by atoms with Crippen molar-refractivity contribution in [1.29, 1.82) is 0 Å². The molecular formula is C23H38N2O4. The van der Waals surface area contributed by atoms with Gasteiger partial charge in [-0.3, -0.25) is 19.3 Å². The van der Waals surface area contributed by atoms with E-state index in [9.17, 15) is 14.4 Å². The van der Waals surface area contributed by atoms with E-state index >= 15 is 0 Å². The Bertz CT molecular complexity index is 629. The summed E-state index contributed by atoms with van der Waals surface area (Å²) in [5.74, 6) is 0.157. The van der Waals surface area contributed by atoms with E-state index in [-0.39, 0.29) is 23.8 Å². The fourth-order valence-corrected chi connectivity index (χ4v) is 3.26. The maximum absolute atomic E-state index is 12.6. The zero-order valence-corrected chi connectivity index (χ0v) is 18.9. The van der Waals surface area contributed by atoms with E-state index < -0.39 is 0 Å². The second-order valence-corrected chi connectivity index (χ2v) is 9.28. The van der Waals surface area contributed by atoms with Crippen molar-refractivity contribution in [3.63, 3.8) is 0 Å². The molecule has 1 aliphatic heterocycles. The van der Waals surface area contributed by atoms with Gasteiger partial charge in [-0.1, -0.05) is 47.1 Å². The molecule has 0 aliphatic carbocycles. The zero-order chi connectivity index (χ0) is 22.0. The van der Waals surface area contributed by atoms with Gasteiger partial charge in [0.05, 0.1) is 13.2 Å². The lowest BCUT2D eigenvalue weighted by atomic mass is 9.89. The van der Waals surface area contributed by atoms with E-state index in [4.69, 9.17) is 4.74 Å². The Hall–Kier alpha value is -2.11. The molecule has 0 aromatic carbocycles. The molecule has 0 saturated carbocycles. The van der Waals surface area contributed by atoms with Crippen LogP contribution < -0.4 is 5.32 Å². The Kier molecular flexibility index (Phi) is 10.1.